The topological polar surface area (TPSA) is 42.4 Å². The monoisotopic (exact) mass is 257 g/mol. The second-order valence-electron chi connectivity index (χ2n) is 3.12. The summed E-state index contributed by atoms with van der Waals surface area (Å²) >= 11 is 0. The number of aromatic nitrogens is 1. The fraction of sp³-hybridized carbons (Fsp3) is 0.444. The number of hydrogen-bond acceptors (Lipinski definition) is 3. The summed E-state index contributed by atoms with van der Waals surface area (Å²) in [5.74, 6) is -1.02. The molecule has 0 spiro atoms. The van der Waals surface area contributed by atoms with Crippen LogP contribution in [0.2, 0.25) is 0 Å². The zero-order valence-corrected chi connectivity index (χ0v) is 8.55. The summed E-state index contributed by atoms with van der Waals surface area (Å²) in [4.78, 5) is 3.51. The van der Waals surface area contributed by atoms with Crippen LogP contribution >= 0.6 is 0 Å². The Morgan fingerprint density at radius 1 is 1.41 bits per heavy atom. The van der Waals surface area contributed by atoms with E-state index >= 15 is 0 Å². The number of aliphatic hydroxyl groups excluding tert-OH is 1. The van der Waals surface area contributed by atoms with Gasteiger partial charge >= 0.3 is 6.36 Å². The highest BCUT2D eigenvalue weighted by atomic mass is 19.4. The molecule has 8 heteroatoms. The second-order valence-corrected chi connectivity index (χ2v) is 3.12. The van der Waals surface area contributed by atoms with Gasteiger partial charge in [0.15, 0.2) is 5.75 Å². The second kappa shape index (κ2) is 4.82. The normalized spacial score (nSPS) is 12.0. The molecule has 1 aromatic heterocycles. The standard InChI is InChI=1S/C9H8F5NO2/c1-4-7(17-9(12,13)14)6(8(10)11)2-5(3-16)15-4/h2,8,16H,3H2,1H3. The van der Waals surface area contributed by atoms with Crippen LogP contribution in [0.15, 0.2) is 6.07 Å². The number of nitrogens with zero attached hydrogens (tertiary/aromatic N) is 1. The predicted octanol–water partition coefficient (Wildman–Crippen LogP) is 2.72. The molecule has 1 aromatic rings. The van der Waals surface area contributed by atoms with Gasteiger partial charge in [0.2, 0.25) is 0 Å². The molecule has 0 amide bonds. The van der Waals surface area contributed by atoms with Gasteiger partial charge in [-0.05, 0) is 13.0 Å². The van der Waals surface area contributed by atoms with E-state index in [2.05, 4.69) is 9.72 Å². The number of rotatable bonds is 3. The molecule has 0 saturated heterocycles. The fourth-order valence-corrected chi connectivity index (χ4v) is 1.24. The predicted molar refractivity (Wildman–Crippen MR) is 46.5 cm³/mol. The molecule has 0 aromatic carbocycles. The Balaban J connectivity index is 3.27. The zero-order chi connectivity index (χ0) is 13.2. The number of halogens is 5. The maximum atomic E-state index is 12.5. The molecule has 1 heterocycles. The quantitative estimate of drug-likeness (QED) is 0.846. The van der Waals surface area contributed by atoms with Gasteiger partial charge in [-0.3, -0.25) is 4.98 Å². The van der Waals surface area contributed by atoms with E-state index in [0.29, 0.717) is 6.07 Å². The van der Waals surface area contributed by atoms with E-state index in [1.165, 1.54) is 0 Å². The Bertz CT molecular complexity index is 405. The molecule has 0 aliphatic rings. The Hall–Kier alpha value is -1.44. The minimum absolute atomic E-state index is 0.146. The molecule has 0 aliphatic carbocycles. The number of pyridine rings is 1. The summed E-state index contributed by atoms with van der Waals surface area (Å²) in [5.41, 5.74) is -1.45. The lowest BCUT2D eigenvalue weighted by atomic mass is 10.1. The average molecular weight is 257 g/mol. The van der Waals surface area contributed by atoms with E-state index in [0.717, 1.165) is 6.92 Å². The van der Waals surface area contributed by atoms with Gasteiger partial charge < -0.3 is 9.84 Å². The summed E-state index contributed by atoms with van der Waals surface area (Å²) in [7, 11) is 0. The molecule has 0 radical (unpaired) electrons. The summed E-state index contributed by atoms with van der Waals surface area (Å²) < 4.78 is 64.6. The van der Waals surface area contributed by atoms with Crippen molar-refractivity contribution < 1.29 is 31.8 Å². The number of ether oxygens (including phenoxy) is 1. The van der Waals surface area contributed by atoms with Crippen molar-refractivity contribution in [2.24, 2.45) is 0 Å². The van der Waals surface area contributed by atoms with Crippen LogP contribution in [-0.2, 0) is 6.61 Å². The van der Waals surface area contributed by atoms with Crippen molar-refractivity contribution in [2.75, 3.05) is 0 Å². The third-order valence-corrected chi connectivity index (χ3v) is 1.84. The molecule has 1 rings (SSSR count). The van der Waals surface area contributed by atoms with Crippen molar-refractivity contribution in [1.82, 2.24) is 4.98 Å². The average Bonchev–Trinajstić information content (AvgIpc) is 2.18. The maximum Gasteiger partial charge on any atom is 0.573 e. The van der Waals surface area contributed by atoms with Crippen molar-refractivity contribution in [1.29, 1.82) is 0 Å². The molecule has 0 bridgehead atoms. The van der Waals surface area contributed by atoms with Crippen molar-refractivity contribution in [3.05, 3.63) is 23.0 Å². The highest BCUT2D eigenvalue weighted by molar-refractivity contribution is 5.39. The van der Waals surface area contributed by atoms with Crippen LogP contribution in [0.3, 0.4) is 0 Å². The van der Waals surface area contributed by atoms with Crippen LogP contribution in [0.5, 0.6) is 5.75 Å². The van der Waals surface area contributed by atoms with E-state index in [1.807, 2.05) is 0 Å². The molecule has 1 N–H and O–H groups in total. The Morgan fingerprint density at radius 2 is 2.00 bits per heavy atom. The first-order valence-corrected chi connectivity index (χ1v) is 4.39. The molecule has 0 aliphatic heterocycles. The van der Waals surface area contributed by atoms with Crippen molar-refractivity contribution >= 4 is 0 Å². The van der Waals surface area contributed by atoms with Gasteiger partial charge in [0.25, 0.3) is 6.43 Å². The van der Waals surface area contributed by atoms with Crippen LogP contribution in [-0.4, -0.2) is 16.5 Å². The molecule has 0 unspecified atom stereocenters. The van der Waals surface area contributed by atoms with Crippen LogP contribution < -0.4 is 4.74 Å². The molecular formula is C9H8F5NO2. The maximum absolute atomic E-state index is 12.5. The highest BCUT2D eigenvalue weighted by Gasteiger charge is 2.34. The Labute approximate surface area is 92.8 Å². The first-order chi connectivity index (χ1) is 7.74. The Kier molecular flexibility index (Phi) is 3.87. The summed E-state index contributed by atoms with van der Waals surface area (Å²) in [6, 6.07) is 0.679. The summed E-state index contributed by atoms with van der Waals surface area (Å²) in [6.07, 6.45) is -8.23. The first kappa shape index (κ1) is 13.6. The van der Waals surface area contributed by atoms with Gasteiger partial charge in [-0.2, -0.15) is 0 Å². The minimum atomic E-state index is -5.07. The van der Waals surface area contributed by atoms with E-state index in [9.17, 15) is 22.0 Å². The van der Waals surface area contributed by atoms with E-state index < -0.39 is 30.7 Å². The highest BCUT2D eigenvalue weighted by Crippen LogP contribution is 2.35. The van der Waals surface area contributed by atoms with Crippen LogP contribution in [0.25, 0.3) is 0 Å². The first-order valence-electron chi connectivity index (χ1n) is 4.39. The third-order valence-electron chi connectivity index (χ3n) is 1.84. The van der Waals surface area contributed by atoms with E-state index in [-0.39, 0.29) is 11.4 Å². The minimum Gasteiger partial charge on any atom is -0.403 e. The van der Waals surface area contributed by atoms with Crippen LogP contribution in [0.4, 0.5) is 22.0 Å². The van der Waals surface area contributed by atoms with Gasteiger partial charge in [0.1, 0.15) is 0 Å². The fourth-order valence-electron chi connectivity index (χ4n) is 1.24. The molecule has 0 atom stereocenters. The van der Waals surface area contributed by atoms with Crippen molar-refractivity contribution in [3.8, 4) is 5.75 Å². The molecule has 3 nitrogen and oxygen atoms in total. The summed E-state index contributed by atoms with van der Waals surface area (Å²) in [5, 5.41) is 8.72. The lowest BCUT2D eigenvalue weighted by molar-refractivity contribution is -0.275. The number of aryl methyl sites for hydroxylation is 1. The van der Waals surface area contributed by atoms with Crippen molar-refractivity contribution in [3.63, 3.8) is 0 Å². The largest absolute Gasteiger partial charge is 0.573 e. The molecule has 0 fully saturated rings. The number of aliphatic hydroxyl groups is 1. The van der Waals surface area contributed by atoms with Crippen LogP contribution in [0, 0.1) is 6.92 Å². The molecule has 17 heavy (non-hydrogen) atoms. The smallest absolute Gasteiger partial charge is 0.403 e. The molecule has 96 valence electrons. The lowest BCUT2D eigenvalue weighted by Crippen LogP contribution is -2.19. The van der Waals surface area contributed by atoms with E-state index in [4.69, 9.17) is 5.11 Å². The number of hydrogen-bond donors (Lipinski definition) is 1. The SMILES string of the molecule is Cc1nc(CO)cc(C(F)F)c1OC(F)(F)F. The molecular weight excluding hydrogens is 249 g/mol. The van der Waals surface area contributed by atoms with Gasteiger partial charge in [0, 0.05) is 0 Å². The number of alkyl halides is 5. The third kappa shape index (κ3) is 3.52. The molecule has 0 saturated carbocycles. The van der Waals surface area contributed by atoms with Crippen molar-refractivity contribution in [2.45, 2.75) is 26.3 Å². The Morgan fingerprint density at radius 3 is 2.41 bits per heavy atom. The van der Waals surface area contributed by atoms with Gasteiger partial charge in [-0.15, -0.1) is 13.2 Å². The van der Waals surface area contributed by atoms with Gasteiger partial charge in [-0.25, -0.2) is 8.78 Å². The van der Waals surface area contributed by atoms with E-state index in [1.54, 1.807) is 0 Å². The lowest BCUT2D eigenvalue weighted by Gasteiger charge is -2.15. The zero-order valence-electron chi connectivity index (χ0n) is 8.55. The van der Waals surface area contributed by atoms with Gasteiger partial charge in [0.05, 0.1) is 23.6 Å². The van der Waals surface area contributed by atoms with Gasteiger partial charge in [-0.1, -0.05) is 0 Å². The summed E-state index contributed by atoms with van der Waals surface area (Å²) in [6.45, 7) is 0.443. The van der Waals surface area contributed by atoms with Crippen LogP contribution in [0.1, 0.15) is 23.4 Å².